The summed E-state index contributed by atoms with van der Waals surface area (Å²) in [4.78, 5) is 25.3. The van der Waals surface area contributed by atoms with Gasteiger partial charge < -0.3 is 0 Å². The minimum Gasteiger partial charge on any atom is -0.294 e. The second-order valence-corrected chi connectivity index (χ2v) is 7.93. The van der Waals surface area contributed by atoms with Crippen molar-refractivity contribution in [1.29, 1.82) is 10.5 Å². The molecule has 0 amide bonds. The third kappa shape index (κ3) is 3.59. The van der Waals surface area contributed by atoms with Gasteiger partial charge in [-0.15, -0.1) is 0 Å². The van der Waals surface area contributed by atoms with Crippen molar-refractivity contribution in [3.8, 4) is 24.0 Å². The van der Waals surface area contributed by atoms with Crippen LogP contribution in [-0.2, 0) is 9.59 Å². The minimum atomic E-state index is -0.798. The van der Waals surface area contributed by atoms with E-state index in [2.05, 4.69) is 18.8 Å². The second kappa shape index (κ2) is 8.63. The van der Waals surface area contributed by atoms with Gasteiger partial charge in [-0.25, -0.2) is 0 Å². The molecular weight excluding hydrogens is 360 g/mol. The SMILES string of the molecule is CC.CCCC1=CC2(C)C3=CC(=O)C(C#N)=CC3(C#CC#N)CCC2C(C)C1=O. The molecule has 4 unspecified atom stereocenters. The molecule has 0 bridgehead atoms. The van der Waals surface area contributed by atoms with Crippen LogP contribution in [0.5, 0.6) is 0 Å². The summed E-state index contributed by atoms with van der Waals surface area (Å²) in [6.07, 6.45) is 8.16. The number of fused-ring (bicyclic) bond motifs is 3. The lowest BCUT2D eigenvalue weighted by molar-refractivity contribution is -0.123. The summed E-state index contributed by atoms with van der Waals surface area (Å²) in [5.74, 6) is 5.36. The van der Waals surface area contributed by atoms with Crippen LogP contribution in [0, 0.1) is 57.2 Å². The fraction of sp³-hybridized carbons (Fsp3) is 0.520. The first-order valence-corrected chi connectivity index (χ1v) is 10.4. The molecular formula is C25H28N2O2. The van der Waals surface area contributed by atoms with E-state index in [0.717, 1.165) is 24.0 Å². The molecule has 0 radical (unpaired) electrons. The lowest BCUT2D eigenvalue weighted by Gasteiger charge is -2.53. The van der Waals surface area contributed by atoms with Gasteiger partial charge in [0.2, 0.25) is 0 Å². The molecule has 3 rings (SSSR count). The number of carbonyl (C=O) groups excluding carboxylic acids is 2. The maximum absolute atomic E-state index is 12.8. The lowest BCUT2D eigenvalue weighted by Crippen LogP contribution is -2.49. The van der Waals surface area contributed by atoms with Gasteiger partial charge in [0.1, 0.15) is 6.07 Å². The van der Waals surface area contributed by atoms with Crippen LogP contribution >= 0.6 is 0 Å². The Morgan fingerprint density at radius 3 is 2.48 bits per heavy atom. The Morgan fingerprint density at radius 2 is 1.90 bits per heavy atom. The zero-order valence-electron chi connectivity index (χ0n) is 17.9. The van der Waals surface area contributed by atoms with Gasteiger partial charge in [-0.1, -0.05) is 53.0 Å². The minimum absolute atomic E-state index is 0.0748. The smallest absolute Gasteiger partial charge is 0.196 e. The normalized spacial score (nSPS) is 32.3. The van der Waals surface area contributed by atoms with Crippen LogP contribution < -0.4 is 0 Å². The molecule has 3 aliphatic carbocycles. The zero-order valence-corrected chi connectivity index (χ0v) is 17.9. The maximum atomic E-state index is 12.8. The predicted molar refractivity (Wildman–Crippen MR) is 112 cm³/mol. The summed E-state index contributed by atoms with van der Waals surface area (Å²) in [7, 11) is 0. The number of hydrogen-bond acceptors (Lipinski definition) is 4. The van der Waals surface area contributed by atoms with E-state index in [0.29, 0.717) is 12.8 Å². The molecule has 150 valence electrons. The van der Waals surface area contributed by atoms with E-state index >= 15 is 0 Å². The van der Waals surface area contributed by atoms with Crippen LogP contribution in [0.3, 0.4) is 0 Å². The van der Waals surface area contributed by atoms with E-state index in [4.69, 9.17) is 5.26 Å². The molecule has 0 aliphatic heterocycles. The standard InChI is InChI=1S/C23H22N2O2.C2H6/c1-4-6-16-12-22(3)18(15(2)21(16)27)7-9-23(8-5-10-24)13-17(14-25)19(26)11-20(22)23;1-2/h11-13,15,18H,4,6-7,9H2,1-3H3;1-2H3. The first kappa shape index (κ1) is 22.4. The maximum Gasteiger partial charge on any atom is 0.196 e. The Balaban J connectivity index is 0.00000145. The van der Waals surface area contributed by atoms with E-state index in [1.165, 1.54) is 0 Å². The Labute approximate surface area is 174 Å². The largest absolute Gasteiger partial charge is 0.294 e. The van der Waals surface area contributed by atoms with Crippen molar-refractivity contribution in [3.05, 3.63) is 34.9 Å². The first-order valence-electron chi connectivity index (χ1n) is 10.4. The topological polar surface area (TPSA) is 81.7 Å². The Hall–Kier alpha value is -2.90. The summed E-state index contributed by atoms with van der Waals surface area (Å²) in [5.41, 5.74) is 0.425. The summed E-state index contributed by atoms with van der Waals surface area (Å²) < 4.78 is 0. The molecule has 0 aromatic carbocycles. The third-order valence-corrected chi connectivity index (χ3v) is 6.40. The molecule has 0 aromatic rings. The molecule has 29 heavy (non-hydrogen) atoms. The monoisotopic (exact) mass is 388 g/mol. The molecule has 0 heterocycles. The van der Waals surface area contributed by atoms with Gasteiger partial charge >= 0.3 is 0 Å². The van der Waals surface area contributed by atoms with Crippen molar-refractivity contribution in [2.45, 2.75) is 60.3 Å². The van der Waals surface area contributed by atoms with Crippen molar-refractivity contribution in [1.82, 2.24) is 0 Å². The van der Waals surface area contributed by atoms with Crippen LogP contribution in [-0.4, -0.2) is 11.6 Å². The van der Waals surface area contributed by atoms with E-state index in [-0.39, 0.29) is 29.0 Å². The average molecular weight is 389 g/mol. The third-order valence-electron chi connectivity index (χ3n) is 6.40. The van der Waals surface area contributed by atoms with Gasteiger partial charge in [0, 0.05) is 17.3 Å². The van der Waals surface area contributed by atoms with Gasteiger partial charge in [-0.3, -0.25) is 9.59 Å². The molecule has 0 aromatic heterocycles. The highest BCUT2D eigenvalue weighted by Gasteiger charge is 2.55. The van der Waals surface area contributed by atoms with Crippen molar-refractivity contribution in [2.75, 3.05) is 0 Å². The van der Waals surface area contributed by atoms with Gasteiger partial charge in [-0.05, 0) is 48.5 Å². The molecule has 4 nitrogen and oxygen atoms in total. The van der Waals surface area contributed by atoms with Crippen LogP contribution in [0.1, 0.15) is 60.3 Å². The highest BCUT2D eigenvalue weighted by molar-refractivity contribution is 6.09. The van der Waals surface area contributed by atoms with Crippen molar-refractivity contribution in [2.24, 2.45) is 22.7 Å². The molecule has 1 fully saturated rings. The number of allylic oxidation sites excluding steroid dienone is 6. The molecule has 0 saturated heterocycles. The van der Waals surface area contributed by atoms with Crippen molar-refractivity contribution < 1.29 is 9.59 Å². The first-order chi connectivity index (χ1) is 13.8. The van der Waals surface area contributed by atoms with E-state index in [1.807, 2.05) is 45.9 Å². The fourth-order valence-corrected chi connectivity index (χ4v) is 5.18. The Kier molecular flexibility index (Phi) is 6.66. The second-order valence-electron chi connectivity index (χ2n) is 7.93. The van der Waals surface area contributed by atoms with Gasteiger partial charge in [0.15, 0.2) is 17.6 Å². The number of hydrogen-bond donors (Lipinski definition) is 0. The number of Topliss-reactive ketones (excluding diaryl/α,β-unsaturated/α-hetero) is 1. The summed E-state index contributed by atoms with van der Waals surface area (Å²) >= 11 is 0. The van der Waals surface area contributed by atoms with E-state index < -0.39 is 10.8 Å². The quantitative estimate of drug-likeness (QED) is 0.633. The average Bonchev–Trinajstić information content (AvgIpc) is 2.72. The van der Waals surface area contributed by atoms with Crippen LogP contribution in [0.4, 0.5) is 0 Å². The predicted octanol–water partition coefficient (Wildman–Crippen LogP) is 4.85. The molecule has 3 aliphatic rings. The number of nitriles is 2. The fourth-order valence-electron chi connectivity index (χ4n) is 5.18. The number of nitrogens with zero attached hydrogens (tertiary/aromatic N) is 2. The molecule has 4 heteroatoms. The summed E-state index contributed by atoms with van der Waals surface area (Å²) in [6.45, 7) is 10.1. The van der Waals surface area contributed by atoms with Crippen LogP contribution in [0.2, 0.25) is 0 Å². The van der Waals surface area contributed by atoms with E-state index in [9.17, 15) is 14.9 Å². The molecule has 0 spiro atoms. The number of ketones is 2. The van der Waals surface area contributed by atoms with Gasteiger partial charge in [0.25, 0.3) is 0 Å². The molecule has 4 atom stereocenters. The van der Waals surface area contributed by atoms with Crippen LogP contribution in [0.25, 0.3) is 0 Å². The van der Waals surface area contributed by atoms with Gasteiger partial charge in [0.05, 0.1) is 11.0 Å². The number of carbonyl (C=O) groups is 2. The lowest BCUT2D eigenvalue weighted by atomic mass is 9.48. The summed E-state index contributed by atoms with van der Waals surface area (Å²) in [5, 5.41) is 18.3. The summed E-state index contributed by atoms with van der Waals surface area (Å²) in [6, 6.07) is 3.83. The zero-order chi connectivity index (χ0) is 21.8. The van der Waals surface area contributed by atoms with Crippen molar-refractivity contribution in [3.63, 3.8) is 0 Å². The van der Waals surface area contributed by atoms with Crippen molar-refractivity contribution >= 4 is 11.6 Å². The molecule has 1 saturated carbocycles. The Morgan fingerprint density at radius 1 is 1.21 bits per heavy atom. The highest BCUT2D eigenvalue weighted by Crippen LogP contribution is 2.60. The molecule has 0 N–H and O–H groups in total. The Bertz CT molecular complexity index is 957. The highest BCUT2D eigenvalue weighted by atomic mass is 16.1. The van der Waals surface area contributed by atoms with Crippen LogP contribution in [0.15, 0.2) is 34.9 Å². The number of rotatable bonds is 2. The van der Waals surface area contributed by atoms with Gasteiger partial charge in [-0.2, -0.15) is 10.5 Å². The van der Waals surface area contributed by atoms with E-state index in [1.54, 1.807) is 12.2 Å².